The zero-order valence-corrected chi connectivity index (χ0v) is 15.5. The number of sulfonamides is 1. The fourth-order valence-corrected chi connectivity index (χ4v) is 4.20. The van der Waals surface area contributed by atoms with Crippen molar-refractivity contribution < 1.29 is 22.7 Å². The summed E-state index contributed by atoms with van der Waals surface area (Å²) in [7, 11) is -2.20. The summed E-state index contributed by atoms with van der Waals surface area (Å²) in [5.74, 6) is 0.103. The number of nitrogens with one attached hydrogen (secondary N) is 2. The molecule has 0 fully saturated rings. The number of ether oxygens (including phenoxy) is 1. The number of anilines is 3. The van der Waals surface area contributed by atoms with E-state index in [1.165, 1.54) is 23.1 Å². The van der Waals surface area contributed by atoms with Gasteiger partial charge in [0.15, 0.2) is 6.10 Å². The van der Waals surface area contributed by atoms with Gasteiger partial charge in [-0.15, -0.1) is 0 Å². The van der Waals surface area contributed by atoms with Crippen LogP contribution in [0.15, 0.2) is 41.3 Å². The van der Waals surface area contributed by atoms with Crippen molar-refractivity contribution in [3.05, 3.63) is 42.0 Å². The molecule has 2 heterocycles. The Labute approximate surface area is 156 Å². The summed E-state index contributed by atoms with van der Waals surface area (Å²) in [5, 5.41) is 2.68. The van der Waals surface area contributed by atoms with Gasteiger partial charge in [0.05, 0.1) is 22.7 Å². The lowest BCUT2D eigenvalue weighted by Gasteiger charge is -2.23. The average Bonchev–Trinajstić information content (AvgIpc) is 2.90. The maximum Gasteiger partial charge on any atom is 0.265 e. The van der Waals surface area contributed by atoms with Gasteiger partial charge in [-0.1, -0.05) is 0 Å². The summed E-state index contributed by atoms with van der Waals surface area (Å²) in [6.45, 7) is 1.63. The standard InChI is InChI=1S/C18H17N3O5S/c1-10-18(23)19-14-9-12(3-6-16(14)26-10)20-27(24,25)13-4-5-15-11(7-13)8-17(22)21(15)2/h3-7,9-10,20H,8H2,1-2H3,(H,19,23)/t10-/m0/s1. The first kappa shape index (κ1) is 17.3. The normalized spacial score (nSPS) is 18.4. The first-order valence-corrected chi connectivity index (χ1v) is 9.77. The van der Waals surface area contributed by atoms with Crippen LogP contribution in [0.1, 0.15) is 12.5 Å². The van der Waals surface area contributed by atoms with E-state index < -0.39 is 16.1 Å². The molecule has 4 rings (SSSR count). The van der Waals surface area contributed by atoms with E-state index in [1.807, 2.05) is 0 Å². The van der Waals surface area contributed by atoms with Crippen molar-refractivity contribution in [2.24, 2.45) is 0 Å². The van der Waals surface area contributed by atoms with Crippen molar-refractivity contribution in [3.63, 3.8) is 0 Å². The number of hydrogen-bond donors (Lipinski definition) is 2. The van der Waals surface area contributed by atoms with E-state index in [1.54, 1.807) is 32.2 Å². The SMILES string of the molecule is C[C@@H]1Oc2ccc(NS(=O)(=O)c3ccc4c(c3)CC(=O)N4C)cc2NC1=O. The number of hydrogen-bond acceptors (Lipinski definition) is 5. The molecule has 0 saturated carbocycles. The van der Waals surface area contributed by atoms with Gasteiger partial charge in [-0.05, 0) is 48.9 Å². The molecule has 0 aromatic heterocycles. The Bertz CT molecular complexity index is 1080. The van der Waals surface area contributed by atoms with Crippen molar-refractivity contribution in [1.82, 2.24) is 0 Å². The van der Waals surface area contributed by atoms with Gasteiger partial charge in [0.25, 0.3) is 15.9 Å². The van der Waals surface area contributed by atoms with E-state index in [0.29, 0.717) is 28.4 Å². The molecule has 0 saturated heterocycles. The van der Waals surface area contributed by atoms with E-state index in [4.69, 9.17) is 4.74 Å². The van der Waals surface area contributed by atoms with Gasteiger partial charge in [0, 0.05) is 12.7 Å². The molecule has 2 N–H and O–H groups in total. The summed E-state index contributed by atoms with van der Waals surface area (Å²) in [5.41, 5.74) is 2.08. The molecular weight excluding hydrogens is 370 g/mol. The van der Waals surface area contributed by atoms with E-state index in [2.05, 4.69) is 10.0 Å². The van der Waals surface area contributed by atoms with Crippen molar-refractivity contribution in [1.29, 1.82) is 0 Å². The summed E-state index contributed by atoms with van der Waals surface area (Å²) in [6.07, 6.45) is -0.428. The number of rotatable bonds is 3. The maximum absolute atomic E-state index is 12.7. The van der Waals surface area contributed by atoms with Crippen LogP contribution in [0, 0.1) is 0 Å². The van der Waals surface area contributed by atoms with Gasteiger partial charge in [0.1, 0.15) is 5.75 Å². The van der Waals surface area contributed by atoms with Crippen LogP contribution in [0.4, 0.5) is 17.1 Å². The van der Waals surface area contributed by atoms with Crippen LogP contribution in [0.25, 0.3) is 0 Å². The number of carbonyl (C=O) groups excluding carboxylic acids is 2. The summed E-state index contributed by atoms with van der Waals surface area (Å²) in [4.78, 5) is 25.1. The molecule has 0 unspecified atom stereocenters. The van der Waals surface area contributed by atoms with E-state index in [0.717, 1.165) is 0 Å². The Balaban J connectivity index is 1.61. The highest BCUT2D eigenvalue weighted by atomic mass is 32.2. The van der Waals surface area contributed by atoms with Crippen LogP contribution in [0.3, 0.4) is 0 Å². The number of benzene rings is 2. The van der Waals surface area contributed by atoms with Crippen molar-refractivity contribution >= 4 is 38.9 Å². The molecule has 1 atom stereocenters. The number of likely N-dealkylation sites (N-methyl/N-ethyl adjacent to an activating group) is 1. The fraction of sp³-hybridized carbons (Fsp3) is 0.222. The molecule has 0 spiro atoms. The monoisotopic (exact) mass is 387 g/mol. The third kappa shape index (κ3) is 2.99. The Morgan fingerprint density at radius 2 is 1.96 bits per heavy atom. The number of fused-ring (bicyclic) bond motifs is 2. The first-order valence-electron chi connectivity index (χ1n) is 8.28. The lowest BCUT2D eigenvalue weighted by molar-refractivity contribution is -0.122. The zero-order valence-electron chi connectivity index (χ0n) is 14.6. The van der Waals surface area contributed by atoms with Crippen LogP contribution in [-0.2, 0) is 26.0 Å². The summed E-state index contributed by atoms with van der Waals surface area (Å²) < 4.78 is 33.4. The minimum Gasteiger partial charge on any atom is -0.479 e. The first-order chi connectivity index (χ1) is 12.7. The second-order valence-corrected chi connectivity index (χ2v) is 8.17. The number of carbonyl (C=O) groups is 2. The molecule has 2 aromatic carbocycles. The third-order valence-corrected chi connectivity index (χ3v) is 5.98. The molecule has 140 valence electrons. The molecule has 2 aliphatic heterocycles. The lowest BCUT2D eigenvalue weighted by atomic mass is 10.2. The molecule has 2 aromatic rings. The van der Waals surface area contributed by atoms with E-state index >= 15 is 0 Å². The molecule has 0 aliphatic carbocycles. The van der Waals surface area contributed by atoms with Crippen LogP contribution in [-0.4, -0.2) is 33.4 Å². The summed E-state index contributed by atoms with van der Waals surface area (Å²) >= 11 is 0. The second-order valence-electron chi connectivity index (χ2n) is 6.49. The van der Waals surface area contributed by atoms with Gasteiger partial charge >= 0.3 is 0 Å². The quantitative estimate of drug-likeness (QED) is 0.835. The maximum atomic E-state index is 12.7. The minimum absolute atomic E-state index is 0.0657. The van der Waals surface area contributed by atoms with Gasteiger partial charge < -0.3 is 15.0 Å². The van der Waals surface area contributed by atoms with Crippen molar-refractivity contribution in [2.75, 3.05) is 22.0 Å². The van der Waals surface area contributed by atoms with Gasteiger partial charge in [-0.2, -0.15) is 0 Å². The summed E-state index contributed by atoms with van der Waals surface area (Å²) in [6, 6.07) is 9.24. The lowest BCUT2D eigenvalue weighted by Crippen LogP contribution is -2.34. The minimum atomic E-state index is -3.85. The Morgan fingerprint density at radius 1 is 1.19 bits per heavy atom. The van der Waals surface area contributed by atoms with Crippen LogP contribution >= 0.6 is 0 Å². The smallest absolute Gasteiger partial charge is 0.265 e. The molecule has 27 heavy (non-hydrogen) atoms. The predicted octanol–water partition coefficient (Wildman–Crippen LogP) is 1.73. The predicted molar refractivity (Wildman–Crippen MR) is 99.5 cm³/mol. The Kier molecular flexibility index (Phi) is 3.84. The van der Waals surface area contributed by atoms with Crippen LogP contribution in [0.5, 0.6) is 5.75 Å². The highest BCUT2D eigenvalue weighted by molar-refractivity contribution is 7.92. The second kappa shape index (κ2) is 5.98. The molecule has 0 bridgehead atoms. The Hall–Kier alpha value is -3.07. The number of nitrogens with zero attached hydrogens (tertiary/aromatic N) is 1. The van der Waals surface area contributed by atoms with Crippen LogP contribution in [0.2, 0.25) is 0 Å². The zero-order chi connectivity index (χ0) is 19.3. The van der Waals surface area contributed by atoms with Gasteiger partial charge in [-0.3, -0.25) is 14.3 Å². The Morgan fingerprint density at radius 3 is 2.74 bits per heavy atom. The average molecular weight is 387 g/mol. The molecular formula is C18H17N3O5S. The van der Waals surface area contributed by atoms with E-state index in [9.17, 15) is 18.0 Å². The fourth-order valence-electron chi connectivity index (χ4n) is 3.10. The largest absolute Gasteiger partial charge is 0.479 e. The van der Waals surface area contributed by atoms with Crippen molar-refractivity contribution in [2.45, 2.75) is 24.3 Å². The highest BCUT2D eigenvalue weighted by Crippen LogP contribution is 2.34. The van der Waals surface area contributed by atoms with Crippen LogP contribution < -0.4 is 19.7 Å². The molecule has 0 radical (unpaired) electrons. The molecule has 9 heteroatoms. The molecule has 2 aliphatic rings. The topological polar surface area (TPSA) is 105 Å². The highest BCUT2D eigenvalue weighted by Gasteiger charge is 2.27. The molecule has 2 amide bonds. The van der Waals surface area contributed by atoms with Gasteiger partial charge in [-0.25, -0.2) is 8.42 Å². The van der Waals surface area contributed by atoms with Crippen molar-refractivity contribution in [3.8, 4) is 5.75 Å². The number of amides is 2. The van der Waals surface area contributed by atoms with Gasteiger partial charge in [0.2, 0.25) is 5.91 Å². The third-order valence-electron chi connectivity index (χ3n) is 4.60. The molecule has 8 nitrogen and oxygen atoms in total. The van der Waals surface area contributed by atoms with E-state index in [-0.39, 0.29) is 23.1 Å².